The number of aromatic nitrogens is 2. The fourth-order valence-corrected chi connectivity index (χ4v) is 1.16. The first kappa shape index (κ1) is 9.38. The van der Waals surface area contributed by atoms with E-state index in [4.69, 9.17) is 0 Å². The number of rotatable bonds is 1. The zero-order chi connectivity index (χ0) is 11.0. The van der Waals surface area contributed by atoms with Crippen LogP contribution in [0.25, 0.3) is 0 Å². The van der Waals surface area contributed by atoms with E-state index >= 15 is 0 Å². The summed E-state index contributed by atoms with van der Waals surface area (Å²) in [5.41, 5.74) is -1.95. The van der Waals surface area contributed by atoms with Gasteiger partial charge in [0.1, 0.15) is 0 Å². The van der Waals surface area contributed by atoms with Gasteiger partial charge in [0.05, 0.1) is 6.20 Å². The van der Waals surface area contributed by atoms with E-state index in [1.165, 1.54) is 6.08 Å². The lowest BCUT2D eigenvalue weighted by Crippen LogP contribution is -2.33. The standard InChI is InChI=1S/C8H5FN2O4/c9-4-3-11(8(14)10-7(4)13)5-1-2-6(12)15-5/h1-3,5H,(H,10,13,14)/t5-/m1/s1. The van der Waals surface area contributed by atoms with Crippen molar-refractivity contribution < 1.29 is 13.9 Å². The minimum Gasteiger partial charge on any atom is -0.434 e. The van der Waals surface area contributed by atoms with Crippen LogP contribution in [-0.2, 0) is 9.53 Å². The molecule has 1 aliphatic heterocycles. The Hall–Kier alpha value is -2.18. The number of aromatic amines is 1. The Morgan fingerprint density at radius 2 is 2.13 bits per heavy atom. The summed E-state index contributed by atoms with van der Waals surface area (Å²) in [6, 6.07) is 0. The number of carbonyl (C=O) groups is 1. The van der Waals surface area contributed by atoms with Crippen LogP contribution >= 0.6 is 0 Å². The van der Waals surface area contributed by atoms with Crippen molar-refractivity contribution in [3.63, 3.8) is 0 Å². The predicted molar refractivity (Wildman–Crippen MR) is 45.5 cm³/mol. The minimum atomic E-state index is -1.12. The second-order valence-corrected chi connectivity index (χ2v) is 2.83. The van der Waals surface area contributed by atoms with E-state index < -0.39 is 29.3 Å². The lowest BCUT2D eigenvalue weighted by atomic mass is 10.5. The highest BCUT2D eigenvalue weighted by atomic mass is 19.1. The van der Waals surface area contributed by atoms with Crippen molar-refractivity contribution in [2.75, 3.05) is 0 Å². The molecule has 0 radical (unpaired) electrons. The van der Waals surface area contributed by atoms with Crippen LogP contribution < -0.4 is 11.2 Å². The molecule has 0 bridgehead atoms. The lowest BCUT2D eigenvalue weighted by Gasteiger charge is -2.10. The number of nitrogens with one attached hydrogen (secondary N) is 1. The van der Waals surface area contributed by atoms with Gasteiger partial charge in [0, 0.05) is 6.08 Å². The molecule has 0 unspecified atom stereocenters. The lowest BCUT2D eigenvalue weighted by molar-refractivity contribution is -0.141. The molecule has 1 aromatic rings. The number of hydrogen-bond donors (Lipinski definition) is 1. The fraction of sp³-hybridized carbons (Fsp3) is 0.125. The molecule has 2 rings (SSSR count). The van der Waals surface area contributed by atoms with Crippen molar-refractivity contribution in [3.8, 4) is 0 Å². The van der Waals surface area contributed by atoms with E-state index in [2.05, 4.69) is 4.74 Å². The first-order valence-electron chi connectivity index (χ1n) is 3.98. The molecule has 0 saturated heterocycles. The highest BCUT2D eigenvalue weighted by molar-refractivity contribution is 5.84. The molecular formula is C8H5FN2O4. The van der Waals surface area contributed by atoms with Gasteiger partial charge in [0.25, 0.3) is 5.56 Å². The van der Waals surface area contributed by atoms with E-state index in [9.17, 15) is 18.8 Å². The Morgan fingerprint density at radius 1 is 1.40 bits per heavy atom. The van der Waals surface area contributed by atoms with Gasteiger partial charge in [-0.25, -0.2) is 9.59 Å². The van der Waals surface area contributed by atoms with Crippen LogP contribution in [-0.4, -0.2) is 15.5 Å². The second-order valence-electron chi connectivity index (χ2n) is 2.83. The Morgan fingerprint density at radius 3 is 2.73 bits per heavy atom. The quantitative estimate of drug-likeness (QED) is 0.623. The SMILES string of the molecule is O=C1C=C[C@H](n2cc(F)c(=O)[nH]c2=O)O1. The molecule has 0 aromatic carbocycles. The molecule has 0 amide bonds. The molecule has 6 nitrogen and oxygen atoms in total. The van der Waals surface area contributed by atoms with Gasteiger partial charge < -0.3 is 4.74 Å². The summed E-state index contributed by atoms with van der Waals surface area (Å²) >= 11 is 0. The molecule has 2 heterocycles. The average molecular weight is 212 g/mol. The number of halogens is 1. The molecule has 1 aliphatic rings. The number of esters is 1. The third kappa shape index (κ3) is 1.58. The Bertz CT molecular complexity index is 556. The first-order valence-corrected chi connectivity index (χ1v) is 3.98. The molecule has 1 atom stereocenters. The summed E-state index contributed by atoms with van der Waals surface area (Å²) in [5, 5.41) is 0. The van der Waals surface area contributed by atoms with E-state index in [0.29, 0.717) is 6.20 Å². The van der Waals surface area contributed by atoms with E-state index in [-0.39, 0.29) is 0 Å². The van der Waals surface area contributed by atoms with E-state index in [1.54, 1.807) is 4.98 Å². The first-order chi connectivity index (χ1) is 7.08. The van der Waals surface area contributed by atoms with Crippen LogP contribution in [0.1, 0.15) is 6.23 Å². The molecular weight excluding hydrogens is 207 g/mol. The monoisotopic (exact) mass is 212 g/mol. The summed E-state index contributed by atoms with van der Waals surface area (Å²) in [4.78, 5) is 34.4. The van der Waals surface area contributed by atoms with Crippen LogP contribution in [0.4, 0.5) is 4.39 Å². The number of ether oxygens (including phenoxy) is 1. The number of cyclic esters (lactones) is 1. The fourth-order valence-electron chi connectivity index (χ4n) is 1.16. The predicted octanol–water partition coefficient (Wildman–Crippen LogP) is -0.713. The second kappa shape index (κ2) is 3.19. The third-order valence-electron chi connectivity index (χ3n) is 1.83. The molecule has 0 saturated carbocycles. The number of carbonyl (C=O) groups excluding carboxylic acids is 1. The molecule has 0 spiro atoms. The van der Waals surface area contributed by atoms with Gasteiger partial charge in [-0.1, -0.05) is 0 Å². The maximum absolute atomic E-state index is 12.8. The Kier molecular flexibility index (Phi) is 2.00. The molecule has 0 aliphatic carbocycles. The molecule has 78 valence electrons. The topological polar surface area (TPSA) is 81.2 Å². The summed E-state index contributed by atoms with van der Waals surface area (Å²) in [7, 11) is 0. The average Bonchev–Trinajstić information content (AvgIpc) is 2.58. The molecule has 15 heavy (non-hydrogen) atoms. The van der Waals surface area contributed by atoms with Crippen molar-refractivity contribution in [2.24, 2.45) is 0 Å². The third-order valence-corrected chi connectivity index (χ3v) is 1.83. The van der Waals surface area contributed by atoms with Gasteiger partial charge in [-0.15, -0.1) is 0 Å². The summed E-state index contributed by atoms with van der Waals surface area (Å²) < 4.78 is 18.3. The number of nitrogens with zero attached hydrogens (tertiary/aromatic N) is 1. The summed E-state index contributed by atoms with van der Waals surface area (Å²) in [6.45, 7) is 0. The van der Waals surface area contributed by atoms with Crippen LogP contribution in [0.2, 0.25) is 0 Å². The van der Waals surface area contributed by atoms with Crippen LogP contribution in [0.15, 0.2) is 27.9 Å². The zero-order valence-electron chi connectivity index (χ0n) is 7.27. The van der Waals surface area contributed by atoms with Gasteiger partial charge in [-0.2, -0.15) is 4.39 Å². The highest BCUT2D eigenvalue weighted by Gasteiger charge is 2.20. The Balaban J connectivity index is 2.50. The maximum Gasteiger partial charge on any atom is 0.332 e. The molecule has 0 fully saturated rings. The zero-order valence-corrected chi connectivity index (χ0v) is 7.27. The van der Waals surface area contributed by atoms with Crippen molar-refractivity contribution >= 4 is 5.97 Å². The van der Waals surface area contributed by atoms with Crippen molar-refractivity contribution in [2.45, 2.75) is 6.23 Å². The van der Waals surface area contributed by atoms with Crippen molar-refractivity contribution in [1.29, 1.82) is 0 Å². The number of H-pyrrole nitrogens is 1. The number of hydrogen-bond acceptors (Lipinski definition) is 4. The van der Waals surface area contributed by atoms with Gasteiger partial charge in [-0.3, -0.25) is 14.3 Å². The Labute approximate surface area is 81.6 Å². The summed E-state index contributed by atoms with van der Waals surface area (Å²) in [6.07, 6.45) is 2.08. The van der Waals surface area contributed by atoms with Gasteiger partial charge in [-0.05, 0) is 6.08 Å². The van der Waals surface area contributed by atoms with Crippen LogP contribution in [0, 0.1) is 5.82 Å². The van der Waals surface area contributed by atoms with Crippen molar-refractivity contribution in [1.82, 2.24) is 9.55 Å². The normalized spacial score (nSPS) is 19.3. The minimum absolute atomic E-state index is 0.626. The van der Waals surface area contributed by atoms with Crippen LogP contribution in [0.5, 0.6) is 0 Å². The molecule has 7 heteroatoms. The van der Waals surface area contributed by atoms with Gasteiger partial charge >= 0.3 is 11.7 Å². The van der Waals surface area contributed by atoms with Crippen LogP contribution in [0.3, 0.4) is 0 Å². The largest absolute Gasteiger partial charge is 0.434 e. The maximum atomic E-state index is 12.8. The molecule has 1 aromatic heterocycles. The summed E-state index contributed by atoms with van der Waals surface area (Å²) in [5.74, 6) is -1.75. The van der Waals surface area contributed by atoms with E-state index in [1.807, 2.05) is 0 Å². The van der Waals surface area contributed by atoms with E-state index in [0.717, 1.165) is 10.6 Å². The van der Waals surface area contributed by atoms with Crippen molar-refractivity contribution in [3.05, 3.63) is 45.0 Å². The van der Waals surface area contributed by atoms with Gasteiger partial charge in [0.15, 0.2) is 0 Å². The molecule has 1 N–H and O–H groups in total. The highest BCUT2D eigenvalue weighted by Crippen LogP contribution is 2.14. The smallest absolute Gasteiger partial charge is 0.332 e. The van der Waals surface area contributed by atoms with Gasteiger partial charge in [0.2, 0.25) is 12.0 Å².